The summed E-state index contributed by atoms with van der Waals surface area (Å²) in [5.41, 5.74) is 1.31. The highest BCUT2D eigenvalue weighted by Crippen LogP contribution is 2.25. The lowest BCUT2D eigenvalue weighted by atomic mass is 10.1. The molecule has 1 aromatic heterocycles. The predicted octanol–water partition coefficient (Wildman–Crippen LogP) is 1.82. The molecule has 1 N–H and O–H groups in total. The van der Waals surface area contributed by atoms with Gasteiger partial charge in [-0.05, 0) is 55.2 Å². The maximum Gasteiger partial charge on any atom is 0.254 e. The number of hydrogen-bond acceptors (Lipinski definition) is 6. The zero-order chi connectivity index (χ0) is 24.1. The van der Waals surface area contributed by atoms with E-state index < -0.39 is 20.0 Å². The Morgan fingerprint density at radius 2 is 1.97 bits per heavy atom. The summed E-state index contributed by atoms with van der Waals surface area (Å²) in [6.07, 6.45) is 3.93. The molecule has 3 rings (SSSR count). The highest BCUT2D eigenvalue weighted by molar-refractivity contribution is 7.92. The van der Waals surface area contributed by atoms with E-state index in [2.05, 4.69) is 16.3 Å². The van der Waals surface area contributed by atoms with Crippen molar-refractivity contribution in [2.75, 3.05) is 26.2 Å². The van der Waals surface area contributed by atoms with Crippen LogP contribution in [0, 0.1) is 5.92 Å². The van der Waals surface area contributed by atoms with E-state index in [4.69, 9.17) is 0 Å². The molecule has 0 spiro atoms. The van der Waals surface area contributed by atoms with Crippen molar-refractivity contribution in [3.63, 3.8) is 0 Å². The number of amides is 1. The number of aromatic nitrogens is 1. The second-order valence-electron chi connectivity index (χ2n) is 7.78. The lowest BCUT2D eigenvalue weighted by Crippen LogP contribution is -2.32. The maximum atomic E-state index is 13.0. The van der Waals surface area contributed by atoms with E-state index in [-0.39, 0.29) is 29.8 Å². The number of carbonyl (C=O) groups excluding carboxylic acids is 1. The van der Waals surface area contributed by atoms with Gasteiger partial charge in [0.2, 0.25) is 20.0 Å². The molecule has 2 heterocycles. The number of benzene rings is 1. The maximum absolute atomic E-state index is 13.0. The quantitative estimate of drug-likeness (QED) is 0.541. The average molecular weight is 493 g/mol. The zero-order valence-corrected chi connectivity index (χ0v) is 20.1. The molecule has 1 aliphatic heterocycles. The lowest BCUT2D eigenvalue weighted by Gasteiger charge is -2.21. The smallest absolute Gasteiger partial charge is 0.254 e. The van der Waals surface area contributed by atoms with Crippen LogP contribution in [0.2, 0.25) is 0 Å². The molecule has 2 aromatic rings. The molecule has 1 aliphatic rings. The van der Waals surface area contributed by atoms with Gasteiger partial charge in [0, 0.05) is 56.1 Å². The van der Waals surface area contributed by atoms with Crippen molar-refractivity contribution in [1.29, 1.82) is 0 Å². The van der Waals surface area contributed by atoms with Gasteiger partial charge in [-0.3, -0.25) is 9.78 Å². The third-order valence-electron chi connectivity index (χ3n) is 5.55. The first-order valence-electron chi connectivity index (χ1n) is 10.6. The Balaban J connectivity index is 1.66. The molecule has 0 aliphatic carbocycles. The van der Waals surface area contributed by atoms with Gasteiger partial charge < -0.3 is 4.90 Å². The summed E-state index contributed by atoms with van der Waals surface area (Å²) in [6.45, 7) is 6.71. The van der Waals surface area contributed by atoms with Gasteiger partial charge in [0.15, 0.2) is 0 Å². The molecule has 1 amide bonds. The largest absolute Gasteiger partial charge is 0.335 e. The highest BCUT2D eigenvalue weighted by atomic mass is 32.2. The van der Waals surface area contributed by atoms with Gasteiger partial charge in [-0.25, -0.2) is 21.6 Å². The molecule has 33 heavy (non-hydrogen) atoms. The van der Waals surface area contributed by atoms with Crippen molar-refractivity contribution in [3.05, 3.63) is 71.9 Å². The van der Waals surface area contributed by atoms with Crippen molar-refractivity contribution in [2.24, 2.45) is 5.92 Å². The van der Waals surface area contributed by atoms with Crippen LogP contribution in [0.25, 0.3) is 0 Å². The van der Waals surface area contributed by atoms with Crippen molar-refractivity contribution in [1.82, 2.24) is 18.9 Å². The van der Waals surface area contributed by atoms with Crippen LogP contribution in [-0.4, -0.2) is 63.1 Å². The Morgan fingerprint density at radius 1 is 1.24 bits per heavy atom. The van der Waals surface area contributed by atoms with Gasteiger partial charge in [0.25, 0.3) is 5.91 Å². The van der Waals surface area contributed by atoms with Gasteiger partial charge >= 0.3 is 0 Å². The van der Waals surface area contributed by atoms with E-state index in [0.29, 0.717) is 31.6 Å². The van der Waals surface area contributed by atoms with Crippen LogP contribution in [0.15, 0.2) is 65.7 Å². The summed E-state index contributed by atoms with van der Waals surface area (Å²) in [5, 5.41) is 0.829. The van der Waals surface area contributed by atoms with Gasteiger partial charge in [-0.2, -0.15) is 4.31 Å². The fraction of sp³-hybridized carbons (Fsp3) is 0.364. The number of nitrogens with one attached hydrogen (secondary N) is 1. The van der Waals surface area contributed by atoms with Gasteiger partial charge in [-0.15, -0.1) is 0 Å². The SMILES string of the molecule is C=CS(=O)(=O)NC[C@H]1CCN(S(=O)(=O)c2ccc(C(=O)N(CC)Cc3cccnc3)cc2)C1. The summed E-state index contributed by atoms with van der Waals surface area (Å²) in [4.78, 5) is 18.7. The summed E-state index contributed by atoms with van der Waals surface area (Å²) in [6, 6.07) is 9.62. The first-order chi connectivity index (χ1) is 15.7. The van der Waals surface area contributed by atoms with E-state index in [9.17, 15) is 21.6 Å². The Morgan fingerprint density at radius 3 is 2.58 bits per heavy atom. The van der Waals surface area contributed by atoms with Crippen LogP contribution >= 0.6 is 0 Å². The first kappa shape index (κ1) is 25.0. The molecule has 1 saturated heterocycles. The van der Waals surface area contributed by atoms with Crippen molar-refractivity contribution >= 4 is 26.0 Å². The lowest BCUT2D eigenvalue weighted by molar-refractivity contribution is 0.0752. The monoisotopic (exact) mass is 492 g/mol. The first-order valence-corrected chi connectivity index (χ1v) is 13.6. The minimum atomic E-state index is -3.75. The van der Waals surface area contributed by atoms with Crippen LogP contribution in [-0.2, 0) is 26.6 Å². The number of carbonyl (C=O) groups is 1. The number of nitrogens with zero attached hydrogens (tertiary/aromatic N) is 3. The number of pyridine rings is 1. The fourth-order valence-electron chi connectivity index (χ4n) is 3.62. The Kier molecular flexibility index (Phi) is 8.01. The zero-order valence-electron chi connectivity index (χ0n) is 18.4. The molecular formula is C22H28N4O5S2. The van der Waals surface area contributed by atoms with Crippen molar-refractivity contribution < 1.29 is 21.6 Å². The van der Waals surface area contributed by atoms with Gasteiger partial charge in [0.1, 0.15) is 0 Å². The molecule has 0 bridgehead atoms. The molecule has 1 aromatic carbocycles. The van der Waals surface area contributed by atoms with Crippen LogP contribution < -0.4 is 4.72 Å². The van der Waals surface area contributed by atoms with Crippen molar-refractivity contribution in [3.8, 4) is 0 Å². The Hall–Kier alpha value is -2.60. The number of hydrogen-bond donors (Lipinski definition) is 1. The standard InChI is InChI=1S/C22H28N4O5S2/c1-3-25(16-18-6-5-12-23-14-18)22(27)20-7-9-21(10-8-20)33(30,31)26-13-11-19(17-26)15-24-32(28,29)4-2/h4-10,12,14,19,24H,2-3,11,13,15-17H2,1H3/t19-/m1/s1. The average Bonchev–Trinajstić information content (AvgIpc) is 3.32. The summed E-state index contributed by atoms with van der Waals surface area (Å²) in [7, 11) is -7.29. The number of rotatable bonds is 10. The summed E-state index contributed by atoms with van der Waals surface area (Å²) < 4.78 is 52.8. The van der Waals surface area contributed by atoms with Crippen LogP contribution in [0.3, 0.4) is 0 Å². The summed E-state index contributed by atoms with van der Waals surface area (Å²) in [5.74, 6) is -0.318. The minimum Gasteiger partial charge on any atom is -0.335 e. The van der Waals surface area contributed by atoms with E-state index in [1.807, 2.05) is 19.1 Å². The van der Waals surface area contributed by atoms with Gasteiger partial charge in [-0.1, -0.05) is 12.6 Å². The fourth-order valence-corrected chi connectivity index (χ4v) is 5.73. The minimum absolute atomic E-state index is 0.0988. The molecule has 9 nitrogen and oxygen atoms in total. The summed E-state index contributed by atoms with van der Waals surface area (Å²) >= 11 is 0. The highest BCUT2D eigenvalue weighted by Gasteiger charge is 2.33. The second-order valence-corrected chi connectivity index (χ2v) is 11.4. The van der Waals surface area contributed by atoms with Crippen molar-refractivity contribution in [2.45, 2.75) is 24.8 Å². The molecule has 0 radical (unpaired) electrons. The molecule has 178 valence electrons. The normalized spacial score (nSPS) is 17.1. The van der Waals surface area contributed by atoms with Gasteiger partial charge in [0.05, 0.1) is 4.90 Å². The van der Waals surface area contributed by atoms with E-state index >= 15 is 0 Å². The van der Waals surface area contributed by atoms with Crippen LogP contribution in [0.5, 0.6) is 0 Å². The Bertz CT molecular complexity index is 1180. The molecule has 0 saturated carbocycles. The third kappa shape index (κ3) is 6.26. The molecule has 1 atom stereocenters. The number of sulfonamides is 2. The second kappa shape index (κ2) is 10.6. The Labute approximate surface area is 195 Å². The van der Waals surface area contributed by atoms with Crippen LogP contribution in [0.4, 0.5) is 0 Å². The third-order valence-corrected chi connectivity index (χ3v) is 8.43. The van der Waals surface area contributed by atoms with Crippen LogP contribution in [0.1, 0.15) is 29.3 Å². The molecule has 11 heteroatoms. The van der Waals surface area contributed by atoms with E-state index in [1.165, 1.54) is 28.6 Å². The molecular weight excluding hydrogens is 464 g/mol. The topological polar surface area (TPSA) is 117 Å². The predicted molar refractivity (Wildman–Crippen MR) is 125 cm³/mol. The molecule has 0 unspecified atom stereocenters. The van der Waals surface area contributed by atoms with E-state index in [1.54, 1.807) is 17.3 Å². The molecule has 1 fully saturated rings. The van der Waals surface area contributed by atoms with E-state index in [0.717, 1.165) is 11.0 Å².